The third kappa shape index (κ3) is 4.34. The fraction of sp³-hybridized carbons (Fsp3) is 0.227. The molecular weight excluding hydrogens is 371 g/mol. The third-order valence-corrected chi connectivity index (χ3v) is 4.90. The van der Waals surface area contributed by atoms with E-state index in [9.17, 15) is 14.0 Å². The lowest BCUT2D eigenvalue weighted by atomic mass is 10.2. The summed E-state index contributed by atoms with van der Waals surface area (Å²) in [6, 6.07) is 17.3. The van der Waals surface area contributed by atoms with Gasteiger partial charge in [-0.05, 0) is 29.7 Å². The molecule has 148 valence electrons. The quantitative estimate of drug-likeness (QED) is 0.726. The Morgan fingerprint density at radius 1 is 1.03 bits per heavy atom. The van der Waals surface area contributed by atoms with E-state index in [-0.39, 0.29) is 29.9 Å². The lowest BCUT2D eigenvalue weighted by Gasteiger charge is -2.20. The molecule has 0 fully saturated rings. The van der Waals surface area contributed by atoms with E-state index in [2.05, 4.69) is 10.4 Å². The maximum absolute atomic E-state index is 13.0. The van der Waals surface area contributed by atoms with Crippen molar-refractivity contribution in [2.24, 2.45) is 0 Å². The van der Waals surface area contributed by atoms with Crippen molar-refractivity contribution >= 4 is 11.8 Å². The van der Waals surface area contributed by atoms with E-state index in [0.717, 1.165) is 17.5 Å². The first-order valence-electron chi connectivity index (χ1n) is 9.54. The van der Waals surface area contributed by atoms with Gasteiger partial charge in [-0.3, -0.25) is 14.3 Å². The van der Waals surface area contributed by atoms with Crippen molar-refractivity contribution in [3.05, 3.63) is 89.0 Å². The highest BCUT2D eigenvalue weighted by Gasteiger charge is 2.26. The minimum atomic E-state index is -0.364. The SMILES string of the molecule is O=C(NCc1ccc(F)cc1)c1cc2n(n1)CCCN(Cc1ccccc1)C2=O. The average Bonchev–Trinajstić information content (AvgIpc) is 3.11. The summed E-state index contributed by atoms with van der Waals surface area (Å²) in [7, 11) is 0. The van der Waals surface area contributed by atoms with Crippen molar-refractivity contribution in [3.63, 3.8) is 0 Å². The number of carbonyl (C=O) groups excluding carboxylic acids is 2. The van der Waals surface area contributed by atoms with E-state index in [1.54, 1.807) is 27.8 Å². The molecule has 2 heterocycles. The van der Waals surface area contributed by atoms with Gasteiger partial charge in [-0.25, -0.2) is 4.39 Å². The lowest BCUT2D eigenvalue weighted by Crippen LogP contribution is -2.30. The molecule has 0 bridgehead atoms. The van der Waals surface area contributed by atoms with E-state index in [1.807, 2.05) is 30.3 Å². The molecule has 7 heteroatoms. The number of rotatable bonds is 5. The van der Waals surface area contributed by atoms with Gasteiger partial charge in [0.05, 0.1) is 0 Å². The van der Waals surface area contributed by atoms with Crippen molar-refractivity contribution in [1.82, 2.24) is 20.0 Å². The molecule has 1 N–H and O–H groups in total. The molecule has 0 spiro atoms. The van der Waals surface area contributed by atoms with Crippen LogP contribution in [0.5, 0.6) is 0 Å². The molecule has 6 nitrogen and oxygen atoms in total. The van der Waals surface area contributed by atoms with Gasteiger partial charge in [0.15, 0.2) is 5.69 Å². The average molecular weight is 392 g/mol. The molecule has 2 aromatic carbocycles. The van der Waals surface area contributed by atoms with Crippen LogP contribution in [-0.2, 0) is 19.6 Å². The molecule has 3 aromatic rings. The summed E-state index contributed by atoms with van der Waals surface area (Å²) in [5.41, 5.74) is 2.47. The second-order valence-electron chi connectivity index (χ2n) is 7.01. The molecule has 1 aliphatic rings. The highest BCUT2D eigenvalue weighted by Crippen LogP contribution is 2.17. The standard InChI is InChI=1S/C22H21FN4O2/c23-18-9-7-16(8-10-18)14-24-21(28)19-13-20-22(29)26(11-4-12-27(20)25-19)15-17-5-2-1-3-6-17/h1-3,5-10,13H,4,11-12,14-15H2,(H,24,28). The number of hydrogen-bond acceptors (Lipinski definition) is 3. The highest BCUT2D eigenvalue weighted by molar-refractivity contribution is 5.98. The van der Waals surface area contributed by atoms with E-state index in [1.165, 1.54) is 12.1 Å². The predicted octanol–water partition coefficient (Wildman–Crippen LogP) is 3.00. The van der Waals surface area contributed by atoms with Gasteiger partial charge in [0.25, 0.3) is 11.8 Å². The number of hydrogen-bond donors (Lipinski definition) is 1. The number of nitrogens with zero attached hydrogens (tertiary/aromatic N) is 3. The summed E-state index contributed by atoms with van der Waals surface area (Å²) in [4.78, 5) is 27.3. The van der Waals surface area contributed by atoms with Gasteiger partial charge in [0.2, 0.25) is 0 Å². The van der Waals surface area contributed by atoms with Crippen LogP contribution in [0.1, 0.15) is 38.5 Å². The Hall–Kier alpha value is -3.48. The molecular formula is C22H21FN4O2. The molecule has 0 saturated heterocycles. The topological polar surface area (TPSA) is 67.2 Å². The van der Waals surface area contributed by atoms with Gasteiger partial charge in [0, 0.05) is 32.2 Å². The minimum absolute atomic E-state index is 0.128. The predicted molar refractivity (Wildman–Crippen MR) is 106 cm³/mol. The number of nitrogens with one attached hydrogen (secondary N) is 1. The van der Waals surface area contributed by atoms with Crippen molar-refractivity contribution in [2.75, 3.05) is 6.54 Å². The molecule has 0 aliphatic carbocycles. The van der Waals surface area contributed by atoms with Gasteiger partial charge in [-0.2, -0.15) is 5.10 Å². The zero-order valence-electron chi connectivity index (χ0n) is 15.8. The molecule has 0 unspecified atom stereocenters. The monoisotopic (exact) mass is 392 g/mol. The fourth-order valence-electron chi connectivity index (χ4n) is 3.38. The first kappa shape index (κ1) is 18.9. The number of amides is 2. The Bertz CT molecular complexity index is 1020. The van der Waals surface area contributed by atoms with E-state index < -0.39 is 0 Å². The zero-order chi connectivity index (χ0) is 20.2. The Morgan fingerprint density at radius 3 is 2.55 bits per heavy atom. The number of carbonyl (C=O) groups is 2. The van der Waals surface area contributed by atoms with Crippen LogP contribution in [0, 0.1) is 5.82 Å². The lowest BCUT2D eigenvalue weighted by molar-refractivity contribution is 0.0745. The van der Waals surface area contributed by atoms with Gasteiger partial charge in [-0.15, -0.1) is 0 Å². The summed E-state index contributed by atoms with van der Waals surface area (Å²) < 4.78 is 14.6. The molecule has 29 heavy (non-hydrogen) atoms. The van der Waals surface area contributed by atoms with Crippen molar-refractivity contribution in [2.45, 2.75) is 26.1 Å². The fourth-order valence-corrected chi connectivity index (χ4v) is 3.38. The van der Waals surface area contributed by atoms with E-state index in [4.69, 9.17) is 0 Å². The summed E-state index contributed by atoms with van der Waals surface area (Å²) in [5, 5.41) is 7.09. The van der Waals surface area contributed by atoms with E-state index in [0.29, 0.717) is 25.3 Å². The molecule has 0 saturated carbocycles. The summed E-state index contributed by atoms with van der Waals surface area (Å²) >= 11 is 0. The van der Waals surface area contributed by atoms with Crippen molar-refractivity contribution < 1.29 is 14.0 Å². The summed E-state index contributed by atoms with van der Waals surface area (Å²) in [6.45, 7) is 2.01. The van der Waals surface area contributed by atoms with Crippen LogP contribution in [0.4, 0.5) is 4.39 Å². The summed E-state index contributed by atoms with van der Waals surface area (Å²) in [6.07, 6.45) is 0.768. The molecule has 1 aliphatic heterocycles. The number of aromatic nitrogens is 2. The van der Waals surface area contributed by atoms with Gasteiger partial charge < -0.3 is 10.2 Å². The Kier molecular flexibility index (Phi) is 5.37. The van der Waals surface area contributed by atoms with Crippen LogP contribution in [0.3, 0.4) is 0 Å². The van der Waals surface area contributed by atoms with E-state index >= 15 is 0 Å². The van der Waals surface area contributed by atoms with Crippen LogP contribution in [0.15, 0.2) is 60.7 Å². The second kappa shape index (κ2) is 8.26. The highest BCUT2D eigenvalue weighted by atomic mass is 19.1. The van der Waals surface area contributed by atoms with Gasteiger partial charge >= 0.3 is 0 Å². The number of aryl methyl sites for hydroxylation is 1. The maximum atomic E-state index is 13.0. The molecule has 1 aromatic heterocycles. The number of halogens is 1. The van der Waals surface area contributed by atoms with Gasteiger partial charge in [0.1, 0.15) is 11.5 Å². The van der Waals surface area contributed by atoms with Crippen LogP contribution < -0.4 is 5.32 Å². The number of benzene rings is 2. The molecule has 0 radical (unpaired) electrons. The Balaban J connectivity index is 1.46. The van der Waals surface area contributed by atoms with Crippen LogP contribution in [0.25, 0.3) is 0 Å². The second-order valence-corrected chi connectivity index (χ2v) is 7.01. The van der Waals surface area contributed by atoms with Crippen molar-refractivity contribution in [3.8, 4) is 0 Å². The summed E-state index contributed by atoms with van der Waals surface area (Å²) in [5.74, 6) is -0.815. The van der Waals surface area contributed by atoms with Gasteiger partial charge in [-0.1, -0.05) is 42.5 Å². The zero-order valence-corrected chi connectivity index (χ0v) is 15.8. The number of fused-ring (bicyclic) bond motifs is 1. The Labute approximate surface area is 167 Å². The Morgan fingerprint density at radius 2 is 1.79 bits per heavy atom. The maximum Gasteiger partial charge on any atom is 0.272 e. The minimum Gasteiger partial charge on any atom is -0.347 e. The van der Waals surface area contributed by atoms with Crippen molar-refractivity contribution in [1.29, 1.82) is 0 Å². The van der Waals surface area contributed by atoms with Crippen LogP contribution in [0.2, 0.25) is 0 Å². The first-order valence-corrected chi connectivity index (χ1v) is 9.54. The molecule has 2 amide bonds. The smallest absolute Gasteiger partial charge is 0.272 e. The molecule has 0 atom stereocenters. The largest absolute Gasteiger partial charge is 0.347 e. The van der Waals surface area contributed by atoms with Crippen LogP contribution in [-0.4, -0.2) is 33.0 Å². The normalized spacial score (nSPS) is 13.7. The van der Waals surface area contributed by atoms with Crippen LogP contribution >= 0.6 is 0 Å². The first-order chi connectivity index (χ1) is 14.1. The third-order valence-electron chi connectivity index (χ3n) is 4.90. The molecule has 4 rings (SSSR count).